The van der Waals surface area contributed by atoms with Crippen molar-refractivity contribution >= 4 is 17.1 Å². The Labute approximate surface area is 134 Å². The van der Waals surface area contributed by atoms with Gasteiger partial charge in [-0.1, -0.05) is 24.3 Å². The van der Waals surface area contributed by atoms with E-state index in [0.29, 0.717) is 23.9 Å². The van der Waals surface area contributed by atoms with Crippen LogP contribution in [0, 0.1) is 5.92 Å². The van der Waals surface area contributed by atoms with E-state index in [9.17, 15) is 0 Å². The highest BCUT2D eigenvalue weighted by atomic mass is 15.1. The summed E-state index contributed by atoms with van der Waals surface area (Å²) < 4.78 is 2.51. The largest absolute Gasteiger partial charge is 0.345 e. The van der Waals surface area contributed by atoms with Gasteiger partial charge in [0.2, 0.25) is 0 Å². The zero-order valence-corrected chi connectivity index (χ0v) is 12.8. The highest BCUT2D eigenvalue weighted by molar-refractivity contribution is 5.98. The zero-order chi connectivity index (χ0) is 15.0. The molecule has 1 aromatic carbocycles. The van der Waals surface area contributed by atoms with Crippen LogP contribution < -0.4 is 0 Å². The molecule has 23 heavy (non-hydrogen) atoms. The number of aromatic nitrogens is 2. The van der Waals surface area contributed by atoms with Gasteiger partial charge in [-0.2, -0.15) is 0 Å². The molecule has 0 N–H and O–H groups in total. The van der Waals surface area contributed by atoms with E-state index < -0.39 is 0 Å². The van der Waals surface area contributed by atoms with Gasteiger partial charge in [-0.05, 0) is 31.1 Å². The van der Waals surface area contributed by atoms with Crippen LogP contribution in [0.5, 0.6) is 0 Å². The summed E-state index contributed by atoms with van der Waals surface area (Å²) in [5.74, 6) is 1.05. The molecule has 7 rings (SSSR count). The highest BCUT2D eigenvalue weighted by Crippen LogP contribution is 2.54. The van der Waals surface area contributed by atoms with Crippen molar-refractivity contribution in [2.75, 3.05) is 0 Å². The molecule has 0 radical (unpaired) electrons. The average Bonchev–Trinajstić information content (AvgIpc) is 3.01. The van der Waals surface area contributed by atoms with E-state index >= 15 is 0 Å². The summed E-state index contributed by atoms with van der Waals surface area (Å²) in [6.07, 6.45) is 11.3. The van der Waals surface area contributed by atoms with Crippen LogP contribution in [0.2, 0.25) is 0 Å². The number of dihydropyridines is 1. The second kappa shape index (κ2) is 4.10. The van der Waals surface area contributed by atoms with E-state index in [1.54, 1.807) is 0 Å². The third-order valence-corrected chi connectivity index (χ3v) is 6.01. The fourth-order valence-corrected chi connectivity index (χ4v) is 5.09. The van der Waals surface area contributed by atoms with Gasteiger partial charge in [-0.15, -0.1) is 0 Å². The molecule has 2 bridgehead atoms. The first kappa shape index (κ1) is 12.1. The first-order valence-electron chi connectivity index (χ1n) is 8.51. The number of aliphatic imine (C=N–C) groups is 1. The van der Waals surface area contributed by atoms with E-state index in [1.807, 2.05) is 6.21 Å². The molecule has 0 amide bonds. The number of hydrogen-bond donors (Lipinski definition) is 0. The minimum Gasteiger partial charge on any atom is -0.345 e. The third-order valence-electron chi connectivity index (χ3n) is 6.01. The third kappa shape index (κ3) is 1.41. The standard InChI is InChI=1S/C20H17N3/c1-2-6-16-12(4-1)13-9-11-23-17-8-7-15(20(23)19(13)22-16)18-14(17)5-3-10-21-18/h1-6,9-11,14-15,17-18H,7-8H2/t14-,15+,17-,18-/m0/s1. The number of pyridine rings is 1. The molecule has 3 heteroatoms. The minimum absolute atomic E-state index is 0.407. The molecule has 112 valence electrons. The highest BCUT2D eigenvalue weighted by Gasteiger charge is 2.47. The molecule has 1 fully saturated rings. The Balaban J connectivity index is 1.68. The lowest BCUT2D eigenvalue weighted by Gasteiger charge is -2.49. The predicted octanol–water partition coefficient (Wildman–Crippen LogP) is 4.20. The Morgan fingerprint density at radius 1 is 1.09 bits per heavy atom. The molecular weight excluding hydrogens is 282 g/mol. The van der Waals surface area contributed by atoms with Crippen LogP contribution >= 0.6 is 0 Å². The van der Waals surface area contributed by atoms with Crippen LogP contribution in [-0.2, 0) is 0 Å². The molecule has 4 atom stereocenters. The number of allylic oxidation sites excluding steroid dienone is 1. The van der Waals surface area contributed by atoms with Crippen molar-refractivity contribution in [1.29, 1.82) is 0 Å². The Kier molecular flexibility index (Phi) is 2.15. The van der Waals surface area contributed by atoms with Gasteiger partial charge in [0.25, 0.3) is 0 Å². The summed E-state index contributed by atoms with van der Waals surface area (Å²) in [5.41, 5.74) is 5.03. The van der Waals surface area contributed by atoms with Gasteiger partial charge in [-0.25, -0.2) is 4.98 Å². The molecule has 1 saturated carbocycles. The molecule has 5 aliphatic heterocycles. The first-order chi connectivity index (χ1) is 11.4. The summed E-state index contributed by atoms with van der Waals surface area (Å²) in [7, 11) is 0. The summed E-state index contributed by atoms with van der Waals surface area (Å²) in [6.45, 7) is 0. The number of hydrogen-bond acceptors (Lipinski definition) is 2. The lowest BCUT2D eigenvalue weighted by Crippen LogP contribution is -2.45. The van der Waals surface area contributed by atoms with Crippen molar-refractivity contribution in [2.45, 2.75) is 30.8 Å². The fraction of sp³-hybridized carbons (Fsp3) is 0.300. The molecule has 0 unspecified atom stereocenters. The van der Waals surface area contributed by atoms with Gasteiger partial charge in [-0.3, -0.25) is 4.99 Å². The van der Waals surface area contributed by atoms with Crippen molar-refractivity contribution in [1.82, 2.24) is 9.55 Å². The second-order valence-corrected chi connectivity index (χ2v) is 7.00. The minimum atomic E-state index is 0.407. The number of benzene rings is 1. The summed E-state index contributed by atoms with van der Waals surface area (Å²) in [6, 6.07) is 11.7. The van der Waals surface area contributed by atoms with Crippen molar-refractivity contribution in [3.05, 3.63) is 54.4 Å². The molecule has 5 heterocycles. The van der Waals surface area contributed by atoms with E-state index in [2.05, 4.69) is 53.2 Å². The summed E-state index contributed by atoms with van der Waals surface area (Å²) in [5, 5.41) is 1.27. The Bertz CT molecular complexity index is 964. The SMILES string of the molecule is C1=C[C@@H]2[C@H](N=C1)[C@H]1CC[C@@H]2n2ccc3c4ccccc4nc-3c21. The lowest BCUT2D eigenvalue weighted by atomic mass is 9.67. The smallest absolute Gasteiger partial charge is 0.0915 e. The van der Waals surface area contributed by atoms with Crippen molar-refractivity contribution in [3.8, 4) is 11.3 Å². The van der Waals surface area contributed by atoms with Crippen molar-refractivity contribution in [3.63, 3.8) is 0 Å². The van der Waals surface area contributed by atoms with Gasteiger partial charge in [0.05, 0.1) is 17.3 Å². The van der Waals surface area contributed by atoms with Gasteiger partial charge in [0, 0.05) is 46.9 Å². The molecule has 0 spiro atoms. The van der Waals surface area contributed by atoms with Gasteiger partial charge in [0.1, 0.15) is 0 Å². The Morgan fingerprint density at radius 2 is 2.04 bits per heavy atom. The molecule has 0 aromatic heterocycles. The molecule has 0 saturated heterocycles. The maximum Gasteiger partial charge on any atom is 0.0915 e. The number of rotatable bonds is 0. The van der Waals surface area contributed by atoms with Gasteiger partial charge < -0.3 is 4.57 Å². The Hall–Kier alpha value is -2.42. The predicted molar refractivity (Wildman–Crippen MR) is 92.3 cm³/mol. The van der Waals surface area contributed by atoms with Crippen LogP contribution in [0.3, 0.4) is 0 Å². The molecular formula is C20H17N3. The van der Waals surface area contributed by atoms with Crippen LogP contribution in [0.25, 0.3) is 22.2 Å². The van der Waals surface area contributed by atoms with Crippen molar-refractivity contribution in [2.24, 2.45) is 10.9 Å². The quantitative estimate of drug-likeness (QED) is 0.612. The van der Waals surface area contributed by atoms with Crippen molar-refractivity contribution < 1.29 is 0 Å². The molecule has 6 aliphatic rings. The fourth-order valence-electron chi connectivity index (χ4n) is 5.09. The van der Waals surface area contributed by atoms with E-state index in [0.717, 1.165) is 5.52 Å². The first-order valence-corrected chi connectivity index (χ1v) is 8.51. The number of fused-ring (bicyclic) bond motifs is 4. The molecule has 3 nitrogen and oxygen atoms in total. The lowest BCUT2D eigenvalue weighted by molar-refractivity contribution is 0.171. The summed E-state index contributed by atoms with van der Waals surface area (Å²) >= 11 is 0. The van der Waals surface area contributed by atoms with Gasteiger partial charge in [0.15, 0.2) is 0 Å². The monoisotopic (exact) mass is 299 g/mol. The molecule has 1 aliphatic carbocycles. The topological polar surface area (TPSA) is 30.2 Å². The average molecular weight is 299 g/mol. The second-order valence-electron chi connectivity index (χ2n) is 7.00. The summed E-state index contributed by atoms with van der Waals surface area (Å²) in [4.78, 5) is 9.83. The van der Waals surface area contributed by atoms with Gasteiger partial charge >= 0.3 is 0 Å². The normalized spacial score (nSPS) is 30.8. The Morgan fingerprint density at radius 3 is 3.04 bits per heavy atom. The van der Waals surface area contributed by atoms with Crippen LogP contribution in [0.15, 0.2) is 53.7 Å². The van der Waals surface area contributed by atoms with E-state index in [4.69, 9.17) is 9.98 Å². The maximum atomic E-state index is 4.99. The van der Waals surface area contributed by atoms with Crippen LogP contribution in [0.1, 0.15) is 30.5 Å². The maximum absolute atomic E-state index is 4.99. The molecule has 1 aromatic rings. The van der Waals surface area contributed by atoms with E-state index in [-0.39, 0.29) is 0 Å². The number of para-hydroxylation sites is 1. The van der Waals surface area contributed by atoms with Crippen LogP contribution in [0.4, 0.5) is 0 Å². The zero-order valence-electron chi connectivity index (χ0n) is 12.8. The van der Waals surface area contributed by atoms with E-state index in [1.165, 1.54) is 35.2 Å². The number of nitrogens with zero attached hydrogens (tertiary/aromatic N) is 3. The van der Waals surface area contributed by atoms with Crippen LogP contribution in [-0.4, -0.2) is 21.8 Å².